The van der Waals surface area contributed by atoms with Crippen molar-refractivity contribution in [3.8, 4) is 11.5 Å². The SMILES string of the molecule is COC(=O)c1sccc1NC(=O)Cn1nc(-c2ccc(F)cc2)oc1=O. The summed E-state index contributed by atoms with van der Waals surface area (Å²) in [6.45, 7) is -0.417. The first-order valence-electron chi connectivity index (χ1n) is 7.27. The van der Waals surface area contributed by atoms with Gasteiger partial charge in [-0.1, -0.05) is 0 Å². The number of rotatable bonds is 5. The number of ether oxygens (including phenoxy) is 1. The molecule has 2 aromatic heterocycles. The third-order valence-electron chi connectivity index (χ3n) is 3.30. The Bertz CT molecular complexity index is 1010. The zero-order valence-electron chi connectivity index (χ0n) is 13.4. The molecule has 0 fully saturated rings. The van der Waals surface area contributed by atoms with E-state index in [1.54, 1.807) is 11.4 Å². The molecule has 0 atom stereocenters. The van der Waals surface area contributed by atoms with E-state index in [-0.39, 0.29) is 16.5 Å². The lowest BCUT2D eigenvalue weighted by Gasteiger charge is -2.04. The minimum absolute atomic E-state index is 0.0337. The summed E-state index contributed by atoms with van der Waals surface area (Å²) in [6, 6.07) is 6.75. The molecule has 134 valence electrons. The van der Waals surface area contributed by atoms with Crippen molar-refractivity contribution >= 4 is 28.9 Å². The van der Waals surface area contributed by atoms with Crippen LogP contribution in [0.4, 0.5) is 10.1 Å². The molecule has 0 radical (unpaired) electrons. The number of nitrogens with one attached hydrogen (secondary N) is 1. The van der Waals surface area contributed by atoms with Gasteiger partial charge in [0.05, 0.1) is 12.8 Å². The van der Waals surface area contributed by atoms with Gasteiger partial charge in [-0.05, 0) is 35.7 Å². The molecule has 10 heteroatoms. The molecular weight excluding hydrogens is 365 g/mol. The molecule has 26 heavy (non-hydrogen) atoms. The molecule has 1 N–H and O–H groups in total. The van der Waals surface area contributed by atoms with E-state index in [9.17, 15) is 18.8 Å². The molecule has 3 rings (SSSR count). The van der Waals surface area contributed by atoms with Crippen LogP contribution >= 0.6 is 11.3 Å². The summed E-state index contributed by atoms with van der Waals surface area (Å²) >= 11 is 1.11. The summed E-state index contributed by atoms with van der Waals surface area (Å²) in [5, 5.41) is 8.06. The fourth-order valence-electron chi connectivity index (χ4n) is 2.10. The van der Waals surface area contributed by atoms with E-state index in [4.69, 9.17) is 4.42 Å². The molecule has 0 unspecified atom stereocenters. The topological polar surface area (TPSA) is 103 Å². The summed E-state index contributed by atoms with van der Waals surface area (Å²) in [4.78, 5) is 35.8. The van der Waals surface area contributed by atoms with E-state index in [1.807, 2.05) is 0 Å². The van der Waals surface area contributed by atoms with Gasteiger partial charge in [0.2, 0.25) is 11.8 Å². The number of amides is 1. The molecule has 1 amide bonds. The van der Waals surface area contributed by atoms with E-state index in [0.29, 0.717) is 5.56 Å². The van der Waals surface area contributed by atoms with E-state index < -0.39 is 30.0 Å². The van der Waals surface area contributed by atoms with Gasteiger partial charge >= 0.3 is 11.7 Å². The minimum Gasteiger partial charge on any atom is -0.465 e. The molecular formula is C16H12FN3O5S. The lowest BCUT2D eigenvalue weighted by Crippen LogP contribution is -2.26. The standard InChI is InChI=1S/C16H12FN3O5S/c1-24-15(22)13-11(6-7-26-13)18-12(21)8-20-16(23)25-14(19-20)9-2-4-10(17)5-3-9/h2-7H,8H2,1H3,(H,18,21). The number of carbonyl (C=O) groups excluding carboxylic acids is 2. The first-order chi connectivity index (χ1) is 12.5. The fourth-order valence-corrected chi connectivity index (χ4v) is 2.87. The van der Waals surface area contributed by atoms with Gasteiger partial charge in [-0.25, -0.2) is 14.0 Å². The van der Waals surface area contributed by atoms with Crippen LogP contribution in [0.5, 0.6) is 0 Å². The third kappa shape index (κ3) is 3.70. The molecule has 2 heterocycles. The molecule has 3 aromatic rings. The molecule has 0 aliphatic carbocycles. The Balaban J connectivity index is 1.74. The average Bonchev–Trinajstić information content (AvgIpc) is 3.22. The second-order valence-corrected chi connectivity index (χ2v) is 5.96. The zero-order chi connectivity index (χ0) is 18.7. The van der Waals surface area contributed by atoms with Crippen LogP contribution < -0.4 is 11.1 Å². The van der Waals surface area contributed by atoms with Gasteiger partial charge in [-0.3, -0.25) is 4.79 Å². The van der Waals surface area contributed by atoms with E-state index in [0.717, 1.165) is 16.0 Å². The maximum atomic E-state index is 13.0. The number of halogens is 1. The van der Waals surface area contributed by atoms with Crippen LogP contribution in [-0.2, 0) is 16.1 Å². The van der Waals surface area contributed by atoms with E-state index in [2.05, 4.69) is 15.2 Å². The van der Waals surface area contributed by atoms with Crippen LogP contribution in [0.15, 0.2) is 44.9 Å². The summed E-state index contributed by atoms with van der Waals surface area (Å²) in [7, 11) is 1.24. The number of hydrogen-bond donors (Lipinski definition) is 1. The monoisotopic (exact) mass is 377 g/mol. The Labute approximate surface area is 149 Å². The van der Waals surface area contributed by atoms with Gasteiger partial charge in [-0.2, -0.15) is 4.68 Å². The number of benzene rings is 1. The largest absolute Gasteiger partial charge is 0.465 e. The van der Waals surface area contributed by atoms with Gasteiger partial charge in [0.25, 0.3) is 0 Å². The van der Waals surface area contributed by atoms with Crippen LogP contribution in [0.1, 0.15) is 9.67 Å². The highest BCUT2D eigenvalue weighted by Gasteiger charge is 2.18. The molecule has 0 spiro atoms. The van der Waals surface area contributed by atoms with Crippen LogP contribution in [0.2, 0.25) is 0 Å². The normalized spacial score (nSPS) is 10.5. The van der Waals surface area contributed by atoms with Crippen LogP contribution in [0, 0.1) is 5.82 Å². The summed E-state index contributed by atoms with van der Waals surface area (Å²) < 4.78 is 23.4. The maximum absolute atomic E-state index is 13.0. The van der Waals surface area contributed by atoms with Crippen LogP contribution in [0.25, 0.3) is 11.5 Å². The van der Waals surface area contributed by atoms with Gasteiger partial charge in [0.1, 0.15) is 17.2 Å². The Morgan fingerprint density at radius 1 is 1.31 bits per heavy atom. The van der Waals surface area contributed by atoms with Gasteiger partial charge in [-0.15, -0.1) is 16.4 Å². The smallest absolute Gasteiger partial charge is 0.437 e. The summed E-state index contributed by atoms with van der Waals surface area (Å²) in [5.74, 6) is -2.46. The highest BCUT2D eigenvalue weighted by Crippen LogP contribution is 2.23. The van der Waals surface area contributed by atoms with Crippen molar-refractivity contribution in [3.05, 3.63) is 57.0 Å². The zero-order valence-corrected chi connectivity index (χ0v) is 14.2. The minimum atomic E-state index is -0.835. The summed E-state index contributed by atoms with van der Waals surface area (Å²) in [6.07, 6.45) is 0. The van der Waals surface area contributed by atoms with Crippen molar-refractivity contribution in [1.82, 2.24) is 9.78 Å². The predicted molar refractivity (Wildman–Crippen MR) is 90.4 cm³/mol. The highest BCUT2D eigenvalue weighted by molar-refractivity contribution is 7.12. The molecule has 0 saturated carbocycles. The average molecular weight is 377 g/mol. The van der Waals surface area contributed by atoms with Crippen molar-refractivity contribution in [2.24, 2.45) is 0 Å². The first-order valence-corrected chi connectivity index (χ1v) is 8.15. The number of aromatic nitrogens is 2. The Morgan fingerprint density at radius 3 is 2.73 bits per heavy atom. The quantitative estimate of drug-likeness (QED) is 0.683. The number of nitrogens with zero attached hydrogens (tertiary/aromatic N) is 2. The van der Waals surface area contributed by atoms with Gasteiger partial charge in [0, 0.05) is 5.56 Å². The number of hydrogen-bond acceptors (Lipinski definition) is 7. The number of carbonyl (C=O) groups is 2. The van der Waals surface area contributed by atoms with Crippen molar-refractivity contribution in [2.75, 3.05) is 12.4 Å². The van der Waals surface area contributed by atoms with Gasteiger partial charge in [0.15, 0.2) is 0 Å². The number of esters is 1. The number of thiophene rings is 1. The second-order valence-electron chi connectivity index (χ2n) is 5.04. The molecule has 0 saturated heterocycles. The van der Waals surface area contributed by atoms with Crippen molar-refractivity contribution in [3.63, 3.8) is 0 Å². The van der Waals surface area contributed by atoms with Crippen molar-refractivity contribution < 1.29 is 23.1 Å². The third-order valence-corrected chi connectivity index (χ3v) is 4.20. The molecule has 0 aliphatic heterocycles. The first kappa shape index (κ1) is 17.5. The number of methoxy groups -OCH3 is 1. The molecule has 8 nitrogen and oxygen atoms in total. The fraction of sp³-hybridized carbons (Fsp3) is 0.125. The van der Waals surface area contributed by atoms with Gasteiger partial charge < -0.3 is 14.5 Å². The lowest BCUT2D eigenvalue weighted by molar-refractivity contribution is -0.117. The highest BCUT2D eigenvalue weighted by atomic mass is 32.1. The van der Waals surface area contributed by atoms with Crippen LogP contribution in [0.3, 0.4) is 0 Å². The second kappa shape index (κ2) is 7.31. The maximum Gasteiger partial charge on any atom is 0.437 e. The van der Waals surface area contributed by atoms with Crippen molar-refractivity contribution in [1.29, 1.82) is 0 Å². The van der Waals surface area contributed by atoms with Crippen LogP contribution in [-0.4, -0.2) is 28.8 Å². The molecule has 1 aromatic carbocycles. The van der Waals surface area contributed by atoms with Crippen molar-refractivity contribution in [2.45, 2.75) is 6.54 Å². The van der Waals surface area contributed by atoms with E-state index in [1.165, 1.54) is 31.4 Å². The number of anilines is 1. The predicted octanol–water partition coefficient (Wildman–Crippen LogP) is 2.13. The Kier molecular flexibility index (Phi) is 4.94. The Hall–Kier alpha value is -3.27. The molecule has 0 aliphatic rings. The lowest BCUT2D eigenvalue weighted by atomic mass is 10.2. The molecule has 0 bridgehead atoms. The summed E-state index contributed by atoms with van der Waals surface area (Å²) in [5.41, 5.74) is 0.677. The van der Waals surface area contributed by atoms with E-state index >= 15 is 0 Å². The Morgan fingerprint density at radius 2 is 2.04 bits per heavy atom.